The fourth-order valence-electron chi connectivity index (χ4n) is 2.79. The van der Waals surface area contributed by atoms with Crippen molar-refractivity contribution in [2.45, 2.75) is 44.6 Å². The lowest BCUT2D eigenvalue weighted by Gasteiger charge is -2.40. The van der Waals surface area contributed by atoms with E-state index in [4.69, 9.17) is 5.11 Å². The summed E-state index contributed by atoms with van der Waals surface area (Å²) in [6, 6.07) is 0.513. The van der Waals surface area contributed by atoms with Crippen LogP contribution in [0.3, 0.4) is 0 Å². The SMILES string of the molecule is CN(CCNC(=O)NCC1(CC(=O)O)CCC1)C1CC1. The first kappa shape index (κ1) is 15.1. The zero-order valence-corrected chi connectivity index (χ0v) is 12.2. The van der Waals surface area contributed by atoms with Crippen molar-refractivity contribution in [2.75, 3.05) is 26.7 Å². The molecule has 2 saturated carbocycles. The molecule has 0 heterocycles. The normalized spacial score (nSPS) is 20.3. The van der Waals surface area contributed by atoms with Crippen molar-refractivity contribution in [1.82, 2.24) is 15.5 Å². The molecule has 0 spiro atoms. The molecule has 20 heavy (non-hydrogen) atoms. The molecule has 3 N–H and O–H groups in total. The maximum Gasteiger partial charge on any atom is 0.314 e. The van der Waals surface area contributed by atoms with Gasteiger partial charge in [0, 0.05) is 25.7 Å². The van der Waals surface area contributed by atoms with Crippen LogP contribution in [0, 0.1) is 5.41 Å². The lowest BCUT2D eigenvalue weighted by Crippen LogP contribution is -2.47. The number of amides is 2. The van der Waals surface area contributed by atoms with Gasteiger partial charge in [-0.1, -0.05) is 6.42 Å². The van der Waals surface area contributed by atoms with Gasteiger partial charge in [-0.3, -0.25) is 4.79 Å². The summed E-state index contributed by atoms with van der Waals surface area (Å²) in [5, 5.41) is 14.6. The van der Waals surface area contributed by atoms with Gasteiger partial charge in [0.1, 0.15) is 0 Å². The number of carboxylic acid groups (broad SMARTS) is 1. The van der Waals surface area contributed by atoms with Crippen molar-refractivity contribution in [2.24, 2.45) is 5.41 Å². The van der Waals surface area contributed by atoms with E-state index in [1.54, 1.807) is 0 Å². The second-order valence-corrected chi connectivity index (χ2v) is 6.25. The Labute approximate surface area is 119 Å². The number of hydrogen-bond donors (Lipinski definition) is 3. The highest BCUT2D eigenvalue weighted by molar-refractivity contribution is 5.74. The number of hydrogen-bond acceptors (Lipinski definition) is 3. The van der Waals surface area contributed by atoms with Crippen molar-refractivity contribution in [3.8, 4) is 0 Å². The molecular formula is C14H25N3O3. The Balaban J connectivity index is 1.60. The van der Waals surface area contributed by atoms with Crippen molar-refractivity contribution in [3.63, 3.8) is 0 Å². The molecule has 0 aliphatic heterocycles. The molecule has 2 aliphatic carbocycles. The van der Waals surface area contributed by atoms with Gasteiger partial charge in [-0.2, -0.15) is 0 Å². The Morgan fingerprint density at radius 2 is 2.00 bits per heavy atom. The van der Waals surface area contributed by atoms with Gasteiger partial charge in [-0.25, -0.2) is 4.79 Å². The van der Waals surface area contributed by atoms with E-state index in [0.717, 1.165) is 25.8 Å². The third-order valence-corrected chi connectivity index (χ3v) is 4.48. The van der Waals surface area contributed by atoms with Crippen LogP contribution in [0.2, 0.25) is 0 Å². The molecule has 2 amide bonds. The van der Waals surface area contributed by atoms with Crippen LogP contribution in [-0.2, 0) is 4.79 Å². The zero-order chi connectivity index (χ0) is 14.6. The highest BCUT2D eigenvalue weighted by Crippen LogP contribution is 2.43. The Morgan fingerprint density at radius 1 is 1.30 bits per heavy atom. The number of nitrogens with one attached hydrogen (secondary N) is 2. The first-order valence-electron chi connectivity index (χ1n) is 7.44. The van der Waals surface area contributed by atoms with Crippen LogP contribution in [0.25, 0.3) is 0 Å². The monoisotopic (exact) mass is 283 g/mol. The maximum atomic E-state index is 11.7. The largest absolute Gasteiger partial charge is 0.481 e. The minimum Gasteiger partial charge on any atom is -0.481 e. The number of aliphatic carboxylic acids is 1. The van der Waals surface area contributed by atoms with E-state index in [9.17, 15) is 9.59 Å². The molecule has 0 aromatic carbocycles. The maximum absolute atomic E-state index is 11.7. The molecule has 0 saturated heterocycles. The fourth-order valence-corrected chi connectivity index (χ4v) is 2.79. The summed E-state index contributed by atoms with van der Waals surface area (Å²) < 4.78 is 0. The molecule has 0 aromatic heterocycles. The summed E-state index contributed by atoms with van der Waals surface area (Å²) in [5.41, 5.74) is -0.214. The number of likely N-dealkylation sites (N-methyl/N-ethyl adjacent to an activating group) is 1. The van der Waals surface area contributed by atoms with Gasteiger partial charge >= 0.3 is 12.0 Å². The van der Waals surface area contributed by atoms with Gasteiger partial charge in [0.25, 0.3) is 0 Å². The molecule has 0 aromatic rings. The molecule has 2 fully saturated rings. The lowest BCUT2D eigenvalue weighted by molar-refractivity contribution is -0.141. The van der Waals surface area contributed by atoms with Crippen molar-refractivity contribution < 1.29 is 14.7 Å². The first-order valence-corrected chi connectivity index (χ1v) is 7.44. The average molecular weight is 283 g/mol. The summed E-state index contributed by atoms with van der Waals surface area (Å²) >= 11 is 0. The number of urea groups is 1. The van der Waals surface area contributed by atoms with E-state index in [0.29, 0.717) is 19.1 Å². The molecule has 0 atom stereocenters. The van der Waals surface area contributed by atoms with Crippen LogP contribution in [0.5, 0.6) is 0 Å². The van der Waals surface area contributed by atoms with E-state index in [1.807, 2.05) is 0 Å². The topological polar surface area (TPSA) is 81.7 Å². The minimum absolute atomic E-state index is 0.150. The first-order chi connectivity index (χ1) is 9.51. The van der Waals surface area contributed by atoms with E-state index in [1.165, 1.54) is 12.8 Å². The predicted molar refractivity (Wildman–Crippen MR) is 75.6 cm³/mol. The third-order valence-electron chi connectivity index (χ3n) is 4.48. The second kappa shape index (κ2) is 6.43. The van der Waals surface area contributed by atoms with Gasteiger partial charge < -0.3 is 20.6 Å². The van der Waals surface area contributed by atoms with Crippen molar-refractivity contribution in [3.05, 3.63) is 0 Å². The van der Waals surface area contributed by atoms with Crippen LogP contribution in [0.1, 0.15) is 38.5 Å². The smallest absolute Gasteiger partial charge is 0.314 e. The molecular weight excluding hydrogens is 258 g/mol. The molecule has 0 unspecified atom stereocenters. The Kier molecular flexibility index (Phi) is 4.86. The van der Waals surface area contributed by atoms with Gasteiger partial charge in [0.2, 0.25) is 0 Å². The summed E-state index contributed by atoms with van der Waals surface area (Å²) in [7, 11) is 2.08. The molecule has 6 heteroatoms. The van der Waals surface area contributed by atoms with Crippen molar-refractivity contribution >= 4 is 12.0 Å². The summed E-state index contributed by atoms with van der Waals surface area (Å²) in [4.78, 5) is 24.8. The van der Waals surface area contributed by atoms with E-state index in [2.05, 4.69) is 22.6 Å². The Morgan fingerprint density at radius 3 is 2.50 bits per heavy atom. The second-order valence-electron chi connectivity index (χ2n) is 6.25. The average Bonchev–Trinajstić information content (AvgIpc) is 3.16. The van der Waals surface area contributed by atoms with E-state index >= 15 is 0 Å². The number of carboxylic acids is 1. The Hall–Kier alpha value is -1.30. The van der Waals surface area contributed by atoms with Gasteiger partial charge in [0.15, 0.2) is 0 Å². The Bertz CT molecular complexity index is 365. The highest BCUT2D eigenvalue weighted by Gasteiger charge is 2.39. The van der Waals surface area contributed by atoms with Crippen LogP contribution < -0.4 is 10.6 Å². The number of nitrogens with zero attached hydrogens (tertiary/aromatic N) is 1. The lowest BCUT2D eigenvalue weighted by atomic mass is 9.66. The number of carbonyl (C=O) groups excluding carboxylic acids is 1. The molecule has 6 nitrogen and oxygen atoms in total. The zero-order valence-electron chi connectivity index (χ0n) is 12.2. The van der Waals surface area contributed by atoms with Crippen LogP contribution in [0.15, 0.2) is 0 Å². The molecule has 114 valence electrons. The highest BCUT2D eigenvalue weighted by atomic mass is 16.4. The summed E-state index contributed by atoms with van der Waals surface area (Å²) in [5.74, 6) is -0.780. The van der Waals surface area contributed by atoms with Gasteiger partial charge in [0.05, 0.1) is 6.42 Å². The molecule has 0 radical (unpaired) electrons. The fraction of sp³-hybridized carbons (Fsp3) is 0.857. The van der Waals surface area contributed by atoms with Crippen LogP contribution >= 0.6 is 0 Å². The standard InChI is InChI=1S/C14H25N3O3/c1-17(11-3-4-11)8-7-15-13(20)16-10-14(5-2-6-14)9-12(18)19/h11H,2-10H2,1H3,(H,18,19)(H2,15,16,20). The van der Waals surface area contributed by atoms with E-state index < -0.39 is 5.97 Å². The van der Waals surface area contributed by atoms with Gasteiger partial charge in [-0.05, 0) is 38.1 Å². The van der Waals surface area contributed by atoms with Crippen LogP contribution in [-0.4, -0.2) is 54.7 Å². The van der Waals surface area contributed by atoms with E-state index in [-0.39, 0.29) is 17.9 Å². The third kappa shape index (κ3) is 4.37. The number of carbonyl (C=O) groups is 2. The quantitative estimate of drug-likeness (QED) is 0.621. The van der Waals surface area contributed by atoms with Crippen molar-refractivity contribution in [1.29, 1.82) is 0 Å². The molecule has 0 bridgehead atoms. The minimum atomic E-state index is -0.780. The molecule has 2 aliphatic rings. The number of rotatable bonds is 8. The summed E-state index contributed by atoms with van der Waals surface area (Å²) in [6.07, 6.45) is 5.52. The summed E-state index contributed by atoms with van der Waals surface area (Å²) in [6.45, 7) is 1.95. The molecule has 2 rings (SSSR count). The van der Waals surface area contributed by atoms with Gasteiger partial charge in [-0.15, -0.1) is 0 Å². The predicted octanol–water partition coefficient (Wildman–Crippen LogP) is 1.02. The van der Waals surface area contributed by atoms with Crippen LogP contribution in [0.4, 0.5) is 4.79 Å².